The molecule has 0 saturated heterocycles. The molecule has 140 valence electrons. The zero-order valence-corrected chi connectivity index (χ0v) is 15.5. The Morgan fingerprint density at radius 3 is 2.41 bits per heavy atom. The number of hydrogen-bond donors (Lipinski definition) is 1. The molecule has 1 amide bonds. The van der Waals surface area contributed by atoms with E-state index in [2.05, 4.69) is 5.10 Å². The number of hydrazone groups is 1. The number of hydrogen-bond acceptors (Lipinski definition) is 5. The third-order valence-electron chi connectivity index (χ3n) is 4.10. The van der Waals surface area contributed by atoms with Crippen LogP contribution in [0.3, 0.4) is 0 Å². The molecule has 2 aromatic carbocycles. The molecule has 0 unspecified atom stereocenters. The van der Waals surface area contributed by atoms with Crippen LogP contribution in [0.1, 0.15) is 11.1 Å². The van der Waals surface area contributed by atoms with E-state index in [1.54, 1.807) is 36.4 Å². The second-order valence-corrected chi connectivity index (χ2v) is 7.95. The lowest BCUT2D eigenvalue weighted by Gasteiger charge is -2.15. The minimum absolute atomic E-state index is 0.0427. The first-order chi connectivity index (χ1) is 12.7. The average Bonchev–Trinajstić information content (AvgIpc) is 2.87. The summed E-state index contributed by atoms with van der Waals surface area (Å²) in [7, 11) is -2.72. The third kappa shape index (κ3) is 3.41. The number of benzene rings is 2. The Bertz CT molecular complexity index is 1040. The normalized spacial score (nSPS) is 15.1. The summed E-state index contributed by atoms with van der Waals surface area (Å²) >= 11 is 0. The third-order valence-corrected chi connectivity index (χ3v) is 5.74. The summed E-state index contributed by atoms with van der Waals surface area (Å²) < 4.78 is 26.1. The number of aryl methyl sites for hydroxylation is 1. The molecular formula is C18H17N3O5S. The van der Waals surface area contributed by atoms with Crippen molar-refractivity contribution in [2.45, 2.75) is 11.8 Å². The van der Waals surface area contributed by atoms with Gasteiger partial charge in [0.1, 0.15) is 6.54 Å². The van der Waals surface area contributed by atoms with Crippen molar-refractivity contribution in [1.29, 1.82) is 0 Å². The predicted molar refractivity (Wildman–Crippen MR) is 99.1 cm³/mol. The van der Waals surface area contributed by atoms with E-state index in [4.69, 9.17) is 5.11 Å². The maximum Gasteiger partial charge on any atom is 0.323 e. The lowest BCUT2D eigenvalue weighted by atomic mass is 10.1. The lowest BCUT2D eigenvalue weighted by Crippen LogP contribution is -2.35. The highest BCUT2D eigenvalue weighted by Crippen LogP contribution is 2.29. The molecule has 0 aromatic heterocycles. The van der Waals surface area contributed by atoms with E-state index in [-0.39, 0.29) is 10.6 Å². The van der Waals surface area contributed by atoms with Crippen molar-refractivity contribution >= 4 is 33.3 Å². The summed E-state index contributed by atoms with van der Waals surface area (Å²) in [6, 6.07) is 12.8. The van der Waals surface area contributed by atoms with Gasteiger partial charge in [0, 0.05) is 12.6 Å². The summed E-state index contributed by atoms with van der Waals surface area (Å²) in [6.07, 6.45) is 0. The summed E-state index contributed by atoms with van der Waals surface area (Å²) in [5, 5.41) is 13.0. The van der Waals surface area contributed by atoms with E-state index < -0.39 is 28.4 Å². The first kappa shape index (κ1) is 18.6. The van der Waals surface area contributed by atoms with E-state index in [9.17, 15) is 18.0 Å². The van der Waals surface area contributed by atoms with Gasteiger partial charge < -0.3 is 5.11 Å². The predicted octanol–water partition coefficient (Wildman–Crippen LogP) is 1.45. The second-order valence-electron chi connectivity index (χ2n) is 6.00. The highest BCUT2D eigenvalue weighted by molar-refractivity contribution is 7.89. The second kappa shape index (κ2) is 6.84. The number of nitrogens with zero attached hydrogens (tertiary/aromatic N) is 3. The monoisotopic (exact) mass is 387 g/mol. The molecule has 1 N–H and O–H groups in total. The summed E-state index contributed by atoms with van der Waals surface area (Å²) in [6.45, 7) is 1.30. The number of carboxylic acids is 1. The largest absolute Gasteiger partial charge is 0.480 e. The molecule has 1 heterocycles. The van der Waals surface area contributed by atoms with Crippen LogP contribution in [0.25, 0.3) is 0 Å². The Labute approximate surface area is 156 Å². The van der Waals surface area contributed by atoms with Crippen LogP contribution < -0.4 is 4.90 Å². The molecule has 3 rings (SSSR count). The molecule has 0 saturated carbocycles. The Balaban J connectivity index is 2.02. The summed E-state index contributed by atoms with van der Waals surface area (Å²) in [5.74, 6) is -1.84. The average molecular weight is 387 g/mol. The Hall–Kier alpha value is -3.20. The lowest BCUT2D eigenvalue weighted by molar-refractivity contribution is -0.136. The van der Waals surface area contributed by atoms with E-state index >= 15 is 0 Å². The maximum absolute atomic E-state index is 12.7. The number of rotatable bonds is 5. The summed E-state index contributed by atoms with van der Waals surface area (Å²) in [5.41, 5.74) is 1.55. The molecule has 1 aliphatic heterocycles. The highest BCUT2D eigenvalue weighted by Gasteiger charge is 2.36. The van der Waals surface area contributed by atoms with E-state index in [0.29, 0.717) is 11.3 Å². The number of carbonyl (C=O) groups excluding carboxylic acids is 1. The van der Waals surface area contributed by atoms with Crippen LogP contribution in [0.15, 0.2) is 58.5 Å². The number of para-hydroxylation sites is 1. The van der Waals surface area contributed by atoms with Gasteiger partial charge >= 0.3 is 5.97 Å². The number of anilines is 1. The highest BCUT2D eigenvalue weighted by atomic mass is 32.2. The van der Waals surface area contributed by atoms with Crippen LogP contribution in [0.5, 0.6) is 0 Å². The van der Waals surface area contributed by atoms with Crippen LogP contribution >= 0.6 is 0 Å². The van der Waals surface area contributed by atoms with Crippen LogP contribution in [0, 0.1) is 6.92 Å². The Kier molecular flexibility index (Phi) is 4.71. The van der Waals surface area contributed by atoms with Gasteiger partial charge in [-0.25, -0.2) is 0 Å². The van der Waals surface area contributed by atoms with Crippen molar-refractivity contribution in [1.82, 2.24) is 4.41 Å². The van der Waals surface area contributed by atoms with Gasteiger partial charge in [0.15, 0.2) is 5.71 Å². The molecule has 2 aromatic rings. The van der Waals surface area contributed by atoms with Crippen LogP contribution in [-0.4, -0.2) is 49.1 Å². The van der Waals surface area contributed by atoms with Gasteiger partial charge in [0.2, 0.25) is 0 Å². The maximum atomic E-state index is 12.7. The minimum atomic E-state index is -3.95. The standard InChI is InChI=1S/C18H17N3O5S/c1-12-7-9-13(10-8-12)27(25,26)20(2)19-17-14-5-3-4-6-15(14)21(18(17)24)11-16(22)23/h3-10H,11H2,1-2H3,(H,22,23). The fourth-order valence-electron chi connectivity index (χ4n) is 2.71. The zero-order chi connectivity index (χ0) is 19.8. The van der Waals surface area contributed by atoms with Crippen molar-refractivity contribution in [3.05, 3.63) is 59.7 Å². The first-order valence-corrected chi connectivity index (χ1v) is 9.43. The number of carboxylic acid groups (broad SMARTS) is 1. The van der Waals surface area contributed by atoms with Gasteiger partial charge in [-0.15, -0.1) is 0 Å². The van der Waals surface area contributed by atoms with Crippen LogP contribution in [0.4, 0.5) is 5.69 Å². The van der Waals surface area contributed by atoms with Crippen molar-refractivity contribution < 1.29 is 23.1 Å². The molecule has 0 fully saturated rings. The van der Waals surface area contributed by atoms with E-state index in [0.717, 1.165) is 14.9 Å². The number of sulfonamides is 1. The fourth-order valence-corrected chi connectivity index (χ4v) is 3.68. The van der Waals surface area contributed by atoms with E-state index in [1.165, 1.54) is 19.2 Å². The van der Waals surface area contributed by atoms with Crippen LogP contribution in [-0.2, 0) is 19.6 Å². The number of amides is 1. The fraction of sp³-hybridized carbons (Fsp3) is 0.167. The Morgan fingerprint density at radius 2 is 1.78 bits per heavy atom. The van der Waals surface area contributed by atoms with Crippen LogP contribution in [0.2, 0.25) is 0 Å². The molecule has 0 radical (unpaired) electrons. The number of carbonyl (C=O) groups is 2. The van der Waals surface area contributed by atoms with Gasteiger partial charge in [-0.3, -0.25) is 14.5 Å². The van der Waals surface area contributed by atoms with Gasteiger partial charge in [-0.05, 0) is 25.1 Å². The molecule has 0 bridgehead atoms. The van der Waals surface area contributed by atoms with Gasteiger partial charge in [-0.2, -0.15) is 17.9 Å². The van der Waals surface area contributed by atoms with Crippen molar-refractivity contribution in [3.8, 4) is 0 Å². The molecule has 27 heavy (non-hydrogen) atoms. The molecule has 1 aliphatic rings. The first-order valence-electron chi connectivity index (χ1n) is 7.99. The molecule has 8 nitrogen and oxygen atoms in total. The molecular weight excluding hydrogens is 370 g/mol. The quantitative estimate of drug-likeness (QED) is 0.782. The molecule has 0 spiro atoms. The number of fused-ring (bicyclic) bond motifs is 1. The van der Waals surface area contributed by atoms with Gasteiger partial charge in [0.25, 0.3) is 15.9 Å². The molecule has 0 aliphatic carbocycles. The zero-order valence-electron chi connectivity index (χ0n) is 14.7. The number of aliphatic carboxylic acids is 1. The topological polar surface area (TPSA) is 107 Å². The molecule has 0 atom stereocenters. The SMILES string of the molecule is Cc1ccc(S(=O)(=O)N(C)N=C2C(=O)N(CC(=O)O)c3ccccc32)cc1. The minimum Gasteiger partial charge on any atom is -0.480 e. The smallest absolute Gasteiger partial charge is 0.323 e. The molecule has 9 heteroatoms. The van der Waals surface area contributed by atoms with E-state index in [1.807, 2.05) is 6.92 Å². The van der Waals surface area contributed by atoms with Crippen molar-refractivity contribution in [2.24, 2.45) is 5.10 Å². The van der Waals surface area contributed by atoms with Crippen molar-refractivity contribution in [2.75, 3.05) is 18.5 Å². The van der Waals surface area contributed by atoms with Gasteiger partial charge in [0.05, 0.1) is 10.6 Å². The van der Waals surface area contributed by atoms with Crippen molar-refractivity contribution in [3.63, 3.8) is 0 Å². The Morgan fingerprint density at radius 1 is 1.15 bits per heavy atom. The summed E-state index contributed by atoms with van der Waals surface area (Å²) in [4.78, 5) is 24.8. The van der Waals surface area contributed by atoms with Gasteiger partial charge in [-0.1, -0.05) is 35.9 Å².